The first kappa shape index (κ1) is 22.4. The van der Waals surface area contributed by atoms with Crippen molar-refractivity contribution in [3.63, 3.8) is 0 Å². The predicted molar refractivity (Wildman–Crippen MR) is 119 cm³/mol. The Kier molecular flexibility index (Phi) is 8.81. The fourth-order valence-corrected chi connectivity index (χ4v) is 3.58. The summed E-state index contributed by atoms with van der Waals surface area (Å²) in [6, 6.07) is 13.6. The Morgan fingerprint density at radius 1 is 1.13 bits per heavy atom. The van der Waals surface area contributed by atoms with Crippen LogP contribution in [0.2, 0.25) is 5.02 Å². The van der Waals surface area contributed by atoms with E-state index in [0.717, 1.165) is 56.1 Å². The third kappa shape index (κ3) is 7.20. The van der Waals surface area contributed by atoms with Gasteiger partial charge < -0.3 is 20.1 Å². The normalized spacial score (nSPS) is 14.3. The van der Waals surface area contributed by atoms with Gasteiger partial charge in [0.2, 0.25) is 0 Å². The highest BCUT2D eigenvalue weighted by Crippen LogP contribution is 2.21. The van der Waals surface area contributed by atoms with Crippen molar-refractivity contribution in [1.82, 2.24) is 15.5 Å². The SMILES string of the molecule is Cc1cc(Cl)ccc1OCCCNC(=O)NCc1ccccc1CN1CCOCC1. The summed E-state index contributed by atoms with van der Waals surface area (Å²) in [5.74, 6) is 0.820. The van der Waals surface area contributed by atoms with Gasteiger partial charge in [-0.15, -0.1) is 0 Å². The van der Waals surface area contributed by atoms with Gasteiger partial charge in [-0.05, 0) is 48.2 Å². The van der Waals surface area contributed by atoms with Gasteiger partial charge >= 0.3 is 6.03 Å². The summed E-state index contributed by atoms with van der Waals surface area (Å²) in [6.07, 6.45) is 0.725. The van der Waals surface area contributed by atoms with E-state index in [1.807, 2.05) is 37.3 Å². The summed E-state index contributed by atoms with van der Waals surface area (Å²) in [5, 5.41) is 6.54. The van der Waals surface area contributed by atoms with Gasteiger partial charge in [0.1, 0.15) is 5.75 Å². The summed E-state index contributed by atoms with van der Waals surface area (Å²) in [6.45, 7) is 7.88. The number of carbonyl (C=O) groups excluding carboxylic acids is 1. The maximum atomic E-state index is 12.1. The van der Waals surface area contributed by atoms with Crippen molar-refractivity contribution in [3.05, 3.63) is 64.2 Å². The topological polar surface area (TPSA) is 62.8 Å². The van der Waals surface area contributed by atoms with Crippen LogP contribution in [-0.4, -0.2) is 50.4 Å². The standard InChI is InChI=1S/C23H30ClN3O3/c1-18-15-21(24)7-8-22(18)30-12-4-9-25-23(28)26-16-19-5-2-3-6-20(19)17-27-10-13-29-14-11-27/h2-3,5-8,15H,4,9-14,16-17H2,1H3,(H2,25,26,28). The molecule has 3 rings (SSSR count). The number of ether oxygens (including phenoxy) is 2. The van der Waals surface area contributed by atoms with Gasteiger partial charge in [0.05, 0.1) is 19.8 Å². The van der Waals surface area contributed by atoms with Crippen LogP contribution in [-0.2, 0) is 17.8 Å². The van der Waals surface area contributed by atoms with E-state index >= 15 is 0 Å². The number of benzene rings is 2. The highest BCUT2D eigenvalue weighted by molar-refractivity contribution is 6.30. The second-order valence-corrected chi connectivity index (χ2v) is 7.81. The molecule has 1 aliphatic rings. The van der Waals surface area contributed by atoms with Crippen molar-refractivity contribution < 1.29 is 14.3 Å². The van der Waals surface area contributed by atoms with Gasteiger partial charge in [0, 0.05) is 37.7 Å². The first-order valence-corrected chi connectivity index (χ1v) is 10.8. The zero-order valence-electron chi connectivity index (χ0n) is 17.5. The minimum absolute atomic E-state index is 0.168. The lowest BCUT2D eigenvalue weighted by Crippen LogP contribution is -2.37. The van der Waals surface area contributed by atoms with Crippen molar-refractivity contribution in [3.8, 4) is 5.75 Å². The molecule has 0 radical (unpaired) electrons. The minimum Gasteiger partial charge on any atom is -0.493 e. The maximum Gasteiger partial charge on any atom is 0.315 e. The Morgan fingerprint density at radius 3 is 2.67 bits per heavy atom. The number of halogens is 1. The molecule has 1 heterocycles. The van der Waals surface area contributed by atoms with Crippen LogP contribution in [0.1, 0.15) is 23.1 Å². The number of aryl methyl sites for hydroxylation is 1. The van der Waals surface area contributed by atoms with Crippen LogP contribution >= 0.6 is 11.6 Å². The third-order valence-electron chi connectivity index (χ3n) is 5.06. The average Bonchev–Trinajstić information content (AvgIpc) is 2.75. The minimum atomic E-state index is -0.168. The Bertz CT molecular complexity index is 825. The van der Waals surface area contributed by atoms with Crippen molar-refractivity contribution in [2.45, 2.75) is 26.4 Å². The number of morpholine rings is 1. The number of carbonyl (C=O) groups is 1. The van der Waals surface area contributed by atoms with Crippen LogP contribution in [0.5, 0.6) is 5.75 Å². The van der Waals surface area contributed by atoms with Gasteiger partial charge in [-0.1, -0.05) is 35.9 Å². The molecular weight excluding hydrogens is 402 g/mol. The van der Waals surface area contributed by atoms with Crippen molar-refractivity contribution in [2.75, 3.05) is 39.5 Å². The molecule has 2 N–H and O–H groups in total. The molecule has 0 aromatic heterocycles. The van der Waals surface area contributed by atoms with Gasteiger partial charge in [0.15, 0.2) is 0 Å². The van der Waals surface area contributed by atoms with Crippen molar-refractivity contribution in [2.24, 2.45) is 0 Å². The van der Waals surface area contributed by atoms with E-state index in [1.165, 1.54) is 5.56 Å². The quantitative estimate of drug-likeness (QED) is 0.593. The van der Waals surface area contributed by atoms with Gasteiger partial charge in [0.25, 0.3) is 0 Å². The van der Waals surface area contributed by atoms with Gasteiger partial charge in [-0.3, -0.25) is 4.90 Å². The van der Waals surface area contributed by atoms with Crippen LogP contribution in [0, 0.1) is 6.92 Å². The Labute approximate surface area is 183 Å². The number of rotatable bonds is 9. The summed E-state index contributed by atoms with van der Waals surface area (Å²) in [5.41, 5.74) is 3.39. The molecule has 7 heteroatoms. The molecule has 162 valence electrons. The highest BCUT2D eigenvalue weighted by Gasteiger charge is 2.13. The molecule has 0 bridgehead atoms. The lowest BCUT2D eigenvalue weighted by Gasteiger charge is -2.27. The van der Waals surface area contributed by atoms with E-state index in [-0.39, 0.29) is 6.03 Å². The molecule has 0 spiro atoms. The fourth-order valence-electron chi connectivity index (χ4n) is 3.35. The molecule has 2 aromatic rings. The summed E-state index contributed by atoms with van der Waals surface area (Å²) in [4.78, 5) is 14.5. The van der Waals surface area contributed by atoms with E-state index in [9.17, 15) is 4.79 Å². The second kappa shape index (κ2) is 11.8. The first-order valence-electron chi connectivity index (χ1n) is 10.4. The number of hydrogen-bond donors (Lipinski definition) is 2. The van der Waals surface area contributed by atoms with Crippen molar-refractivity contribution >= 4 is 17.6 Å². The fraction of sp³-hybridized carbons (Fsp3) is 0.435. The van der Waals surface area contributed by atoms with E-state index in [4.69, 9.17) is 21.1 Å². The number of amides is 2. The largest absolute Gasteiger partial charge is 0.493 e. The van der Waals surface area contributed by atoms with Gasteiger partial charge in [-0.25, -0.2) is 4.79 Å². The number of urea groups is 1. The number of hydrogen-bond acceptors (Lipinski definition) is 4. The predicted octanol–water partition coefficient (Wildman–Crippen LogP) is 3.75. The van der Waals surface area contributed by atoms with Crippen LogP contribution in [0.3, 0.4) is 0 Å². The molecule has 0 atom stereocenters. The molecule has 6 nitrogen and oxygen atoms in total. The van der Waals surface area contributed by atoms with Crippen LogP contribution in [0.25, 0.3) is 0 Å². The molecule has 1 fully saturated rings. The monoisotopic (exact) mass is 431 g/mol. The molecule has 2 amide bonds. The molecule has 1 aliphatic heterocycles. The Morgan fingerprint density at radius 2 is 1.90 bits per heavy atom. The molecule has 30 heavy (non-hydrogen) atoms. The van der Waals surface area contributed by atoms with Crippen LogP contribution in [0.15, 0.2) is 42.5 Å². The summed E-state index contributed by atoms with van der Waals surface area (Å²) >= 11 is 5.95. The molecule has 0 aliphatic carbocycles. The lowest BCUT2D eigenvalue weighted by molar-refractivity contribution is 0.0341. The molecule has 2 aromatic carbocycles. The van der Waals surface area contributed by atoms with E-state index in [2.05, 4.69) is 27.7 Å². The smallest absolute Gasteiger partial charge is 0.315 e. The first-order chi connectivity index (χ1) is 14.6. The van der Waals surface area contributed by atoms with Crippen LogP contribution in [0.4, 0.5) is 4.79 Å². The van der Waals surface area contributed by atoms with E-state index < -0.39 is 0 Å². The average molecular weight is 432 g/mol. The van der Waals surface area contributed by atoms with E-state index in [1.54, 1.807) is 0 Å². The Balaban J connectivity index is 1.35. The highest BCUT2D eigenvalue weighted by atomic mass is 35.5. The number of nitrogens with zero attached hydrogens (tertiary/aromatic N) is 1. The Hall–Kier alpha value is -2.28. The third-order valence-corrected chi connectivity index (χ3v) is 5.29. The van der Waals surface area contributed by atoms with Crippen LogP contribution < -0.4 is 15.4 Å². The van der Waals surface area contributed by atoms with E-state index in [0.29, 0.717) is 24.7 Å². The molecular formula is C23H30ClN3O3. The van der Waals surface area contributed by atoms with Crippen molar-refractivity contribution in [1.29, 1.82) is 0 Å². The zero-order chi connectivity index (χ0) is 21.2. The number of nitrogens with one attached hydrogen (secondary N) is 2. The molecule has 0 saturated carbocycles. The lowest BCUT2D eigenvalue weighted by atomic mass is 10.1. The zero-order valence-corrected chi connectivity index (χ0v) is 18.2. The molecule has 0 unspecified atom stereocenters. The molecule has 1 saturated heterocycles. The maximum absolute atomic E-state index is 12.1. The summed E-state index contributed by atoms with van der Waals surface area (Å²) < 4.78 is 11.2. The second-order valence-electron chi connectivity index (χ2n) is 7.38. The van der Waals surface area contributed by atoms with Gasteiger partial charge in [-0.2, -0.15) is 0 Å². The summed E-state index contributed by atoms with van der Waals surface area (Å²) in [7, 11) is 0.